The highest BCUT2D eigenvalue weighted by molar-refractivity contribution is 8.27. The maximum atomic E-state index is 13.1. The van der Waals surface area contributed by atoms with Gasteiger partial charge in [0.25, 0.3) is 5.91 Å². The summed E-state index contributed by atoms with van der Waals surface area (Å²) in [4.78, 5) is 15.1. The first kappa shape index (κ1) is 23.0. The molecule has 8 heteroatoms. The van der Waals surface area contributed by atoms with Gasteiger partial charge in [-0.25, -0.2) is 0 Å². The van der Waals surface area contributed by atoms with Crippen molar-refractivity contribution in [1.29, 1.82) is 0 Å². The zero-order valence-corrected chi connectivity index (χ0v) is 19.6. The van der Waals surface area contributed by atoms with Gasteiger partial charge in [0.2, 0.25) is 0 Å². The Bertz CT molecular complexity index is 1010. The average Bonchev–Trinajstić information content (AvgIpc) is 3.06. The Morgan fingerprint density at radius 1 is 1.00 bits per heavy atom. The van der Waals surface area contributed by atoms with Gasteiger partial charge in [0.05, 0.1) is 38.5 Å². The third-order valence-corrected chi connectivity index (χ3v) is 5.96. The van der Waals surface area contributed by atoms with Gasteiger partial charge in [0.1, 0.15) is 11.5 Å². The second-order valence-corrected chi connectivity index (χ2v) is 8.34. The van der Waals surface area contributed by atoms with Crippen LogP contribution in [0.4, 0.5) is 5.69 Å². The second kappa shape index (κ2) is 10.5. The van der Waals surface area contributed by atoms with Crippen LogP contribution in [0.5, 0.6) is 23.0 Å². The molecule has 0 saturated carbocycles. The minimum atomic E-state index is -0.208. The monoisotopic (exact) mass is 459 g/mol. The number of carbonyl (C=O) groups excluding carboxylic acids is 1. The summed E-state index contributed by atoms with van der Waals surface area (Å²) in [5.41, 5.74) is 1.40. The van der Waals surface area contributed by atoms with Crippen LogP contribution in [0.3, 0.4) is 0 Å². The van der Waals surface area contributed by atoms with Crippen LogP contribution in [0.2, 0.25) is 0 Å². The minimum absolute atomic E-state index is 0.208. The summed E-state index contributed by atoms with van der Waals surface area (Å²) in [6.07, 6.45) is 3.83. The van der Waals surface area contributed by atoms with E-state index >= 15 is 0 Å². The Hall–Kier alpha value is -2.71. The van der Waals surface area contributed by atoms with Crippen molar-refractivity contribution in [3.8, 4) is 23.0 Å². The highest BCUT2D eigenvalue weighted by Gasteiger charge is 2.35. The van der Waals surface area contributed by atoms with Gasteiger partial charge in [-0.3, -0.25) is 9.69 Å². The van der Waals surface area contributed by atoms with Crippen LogP contribution in [0.1, 0.15) is 25.3 Å². The van der Waals surface area contributed by atoms with Crippen molar-refractivity contribution in [2.24, 2.45) is 0 Å². The maximum Gasteiger partial charge on any atom is 0.270 e. The van der Waals surface area contributed by atoms with Crippen LogP contribution in [0.15, 0.2) is 41.3 Å². The van der Waals surface area contributed by atoms with Crippen molar-refractivity contribution < 1.29 is 23.7 Å². The van der Waals surface area contributed by atoms with E-state index in [-0.39, 0.29) is 5.91 Å². The Kier molecular flexibility index (Phi) is 7.81. The molecule has 1 aliphatic rings. The molecule has 1 aliphatic heterocycles. The summed E-state index contributed by atoms with van der Waals surface area (Å²) in [6.45, 7) is 2.75. The number of anilines is 1. The Morgan fingerprint density at radius 2 is 1.77 bits per heavy atom. The first-order chi connectivity index (χ1) is 15.0. The predicted molar refractivity (Wildman–Crippen MR) is 129 cm³/mol. The number of amides is 1. The molecule has 31 heavy (non-hydrogen) atoms. The lowest BCUT2D eigenvalue weighted by Gasteiger charge is -2.18. The second-order valence-electron chi connectivity index (χ2n) is 6.67. The van der Waals surface area contributed by atoms with Crippen molar-refractivity contribution in [3.63, 3.8) is 0 Å². The van der Waals surface area contributed by atoms with Crippen LogP contribution in [-0.2, 0) is 4.79 Å². The van der Waals surface area contributed by atoms with Crippen LogP contribution < -0.4 is 23.8 Å². The summed E-state index contributed by atoms with van der Waals surface area (Å²) in [5.74, 6) is 2.24. The van der Waals surface area contributed by atoms with Crippen LogP contribution in [0.25, 0.3) is 6.08 Å². The Labute approximate surface area is 192 Å². The SMILES string of the molecule is CCCCOc1ccc(C=C2SC(=S)N(c3ccc(OC)cc3OC)C2=O)cc1OC. The molecule has 164 valence electrons. The van der Waals surface area contributed by atoms with Gasteiger partial charge < -0.3 is 18.9 Å². The molecule has 1 saturated heterocycles. The molecule has 0 unspecified atom stereocenters. The number of ether oxygens (including phenoxy) is 4. The highest BCUT2D eigenvalue weighted by atomic mass is 32.2. The van der Waals surface area contributed by atoms with Crippen LogP contribution >= 0.6 is 24.0 Å². The fourth-order valence-corrected chi connectivity index (χ4v) is 4.30. The number of thioether (sulfide) groups is 1. The van der Waals surface area contributed by atoms with Crippen LogP contribution in [-0.4, -0.2) is 38.2 Å². The van der Waals surface area contributed by atoms with Gasteiger partial charge >= 0.3 is 0 Å². The van der Waals surface area contributed by atoms with Crippen molar-refractivity contribution in [2.75, 3.05) is 32.8 Å². The van der Waals surface area contributed by atoms with E-state index in [2.05, 4.69) is 6.92 Å². The number of carbonyl (C=O) groups is 1. The van der Waals surface area contributed by atoms with Gasteiger partial charge in [-0.2, -0.15) is 0 Å². The number of methoxy groups -OCH3 is 3. The largest absolute Gasteiger partial charge is 0.497 e. The molecule has 1 amide bonds. The number of rotatable bonds is 9. The molecule has 0 radical (unpaired) electrons. The highest BCUT2D eigenvalue weighted by Crippen LogP contribution is 2.41. The first-order valence-corrected chi connectivity index (χ1v) is 11.1. The molecule has 0 aliphatic carbocycles. The lowest BCUT2D eigenvalue weighted by atomic mass is 10.1. The molecule has 2 aromatic carbocycles. The van der Waals surface area contributed by atoms with Gasteiger partial charge in [-0.1, -0.05) is 43.4 Å². The average molecular weight is 460 g/mol. The summed E-state index contributed by atoms with van der Waals surface area (Å²) in [6, 6.07) is 10.8. The molecule has 0 N–H and O–H groups in total. The predicted octanol–water partition coefficient (Wildman–Crippen LogP) is 5.30. The third-order valence-electron chi connectivity index (χ3n) is 4.66. The third kappa shape index (κ3) is 5.14. The standard InChI is InChI=1S/C23H25NO5S2/c1-5-6-11-29-18-10-7-15(12-20(18)28-4)13-21-22(25)24(23(30)31-21)17-9-8-16(26-2)14-19(17)27-3/h7-10,12-14H,5-6,11H2,1-4H3. The molecule has 0 aromatic heterocycles. The minimum Gasteiger partial charge on any atom is -0.497 e. The number of hydrogen-bond donors (Lipinski definition) is 0. The van der Waals surface area contributed by atoms with Crippen molar-refractivity contribution in [1.82, 2.24) is 0 Å². The fourth-order valence-electron chi connectivity index (χ4n) is 3.02. The topological polar surface area (TPSA) is 57.2 Å². The molecule has 6 nitrogen and oxygen atoms in total. The van der Waals surface area contributed by atoms with Crippen molar-refractivity contribution in [2.45, 2.75) is 19.8 Å². The number of thiocarbonyl (C=S) groups is 1. The van der Waals surface area contributed by atoms with E-state index in [1.165, 1.54) is 16.7 Å². The molecule has 1 heterocycles. The summed E-state index contributed by atoms with van der Waals surface area (Å²) in [7, 11) is 4.72. The van der Waals surface area contributed by atoms with Crippen LogP contribution in [0, 0.1) is 0 Å². The molecule has 0 atom stereocenters. The molecule has 3 rings (SSSR count). The van der Waals surface area contributed by atoms with Crippen molar-refractivity contribution >= 4 is 46.0 Å². The van der Waals surface area contributed by atoms with E-state index in [0.29, 0.717) is 44.5 Å². The summed E-state index contributed by atoms with van der Waals surface area (Å²) in [5, 5.41) is 0. The zero-order chi connectivity index (χ0) is 22.4. The van der Waals surface area contributed by atoms with Gasteiger partial charge in [0, 0.05) is 6.07 Å². The number of nitrogens with zero attached hydrogens (tertiary/aromatic N) is 1. The van der Waals surface area contributed by atoms with Gasteiger partial charge in [0.15, 0.2) is 15.8 Å². The van der Waals surface area contributed by atoms with E-state index in [0.717, 1.165) is 18.4 Å². The van der Waals surface area contributed by atoms with Gasteiger partial charge in [-0.05, 0) is 42.3 Å². The number of benzene rings is 2. The fraction of sp³-hybridized carbons (Fsp3) is 0.304. The smallest absolute Gasteiger partial charge is 0.270 e. The first-order valence-electron chi connectivity index (χ1n) is 9.83. The molecule has 1 fully saturated rings. The Balaban J connectivity index is 1.87. The zero-order valence-electron chi connectivity index (χ0n) is 18.0. The molecule has 2 aromatic rings. The van der Waals surface area contributed by atoms with Gasteiger partial charge in [-0.15, -0.1) is 0 Å². The summed E-state index contributed by atoms with van der Waals surface area (Å²) < 4.78 is 22.4. The van der Waals surface area contributed by atoms with E-state index < -0.39 is 0 Å². The van der Waals surface area contributed by atoms with E-state index in [1.807, 2.05) is 18.2 Å². The normalized spacial score (nSPS) is 14.8. The van der Waals surface area contributed by atoms with E-state index in [4.69, 9.17) is 31.2 Å². The van der Waals surface area contributed by atoms with E-state index in [9.17, 15) is 4.79 Å². The molecule has 0 spiro atoms. The lowest BCUT2D eigenvalue weighted by molar-refractivity contribution is -0.113. The maximum absolute atomic E-state index is 13.1. The van der Waals surface area contributed by atoms with E-state index in [1.54, 1.807) is 45.6 Å². The number of hydrogen-bond acceptors (Lipinski definition) is 7. The summed E-state index contributed by atoms with van der Waals surface area (Å²) >= 11 is 6.73. The Morgan fingerprint density at radius 3 is 2.45 bits per heavy atom. The molecular formula is C23H25NO5S2. The van der Waals surface area contributed by atoms with Crippen molar-refractivity contribution in [3.05, 3.63) is 46.9 Å². The quantitative estimate of drug-likeness (QED) is 0.287. The molecule has 0 bridgehead atoms. The number of unbranched alkanes of at least 4 members (excludes halogenated alkanes) is 1. The molecular weight excluding hydrogens is 434 g/mol. The lowest BCUT2D eigenvalue weighted by Crippen LogP contribution is -2.27.